The quantitative estimate of drug-likeness (QED) is 0.624. The van der Waals surface area contributed by atoms with Gasteiger partial charge in [-0.25, -0.2) is 4.99 Å². The Morgan fingerprint density at radius 2 is 2.16 bits per heavy atom. The molecule has 2 heterocycles. The Labute approximate surface area is 149 Å². The van der Waals surface area contributed by atoms with Crippen LogP contribution in [0.25, 0.3) is 0 Å². The van der Waals surface area contributed by atoms with Gasteiger partial charge in [0.2, 0.25) is 5.91 Å². The number of benzene rings is 1. The average molecular weight is 344 g/mol. The van der Waals surface area contributed by atoms with Gasteiger partial charge in [-0.3, -0.25) is 4.79 Å². The van der Waals surface area contributed by atoms with E-state index >= 15 is 0 Å². The number of hydrogen-bond acceptors (Lipinski definition) is 3. The Morgan fingerprint density at radius 3 is 2.92 bits per heavy atom. The lowest BCUT2D eigenvalue weighted by atomic mass is 10.00. The van der Waals surface area contributed by atoms with Crippen molar-refractivity contribution >= 4 is 11.9 Å². The summed E-state index contributed by atoms with van der Waals surface area (Å²) in [7, 11) is 0. The van der Waals surface area contributed by atoms with Gasteiger partial charge in [0.05, 0.1) is 6.10 Å². The van der Waals surface area contributed by atoms with Gasteiger partial charge in [-0.15, -0.1) is 0 Å². The first-order chi connectivity index (χ1) is 12.3. The predicted octanol–water partition coefficient (Wildman–Crippen LogP) is 1.31. The van der Waals surface area contributed by atoms with Crippen LogP contribution >= 0.6 is 0 Å². The standard InChI is InChI=1S/C19H28N4O2/c1-2-20-19(21-12-17-8-5-11-25-17)22-13-18(24)23-10-9-15-6-3-4-7-16(15)14-23/h3-4,6-7,17H,2,5,8-14H2,1H3,(H2,20,21,22). The van der Waals surface area contributed by atoms with Crippen LogP contribution < -0.4 is 10.6 Å². The van der Waals surface area contributed by atoms with E-state index in [1.807, 2.05) is 17.9 Å². The zero-order valence-corrected chi connectivity index (χ0v) is 15.0. The van der Waals surface area contributed by atoms with Gasteiger partial charge in [0.1, 0.15) is 6.54 Å². The molecule has 6 nitrogen and oxygen atoms in total. The highest BCUT2D eigenvalue weighted by Crippen LogP contribution is 2.18. The number of hydrogen-bond donors (Lipinski definition) is 2. The van der Waals surface area contributed by atoms with Crippen LogP contribution in [0.15, 0.2) is 29.3 Å². The van der Waals surface area contributed by atoms with E-state index in [-0.39, 0.29) is 18.6 Å². The number of fused-ring (bicyclic) bond motifs is 1. The highest BCUT2D eigenvalue weighted by atomic mass is 16.5. The third-order valence-corrected chi connectivity index (χ3v) is 4.72. The zero-order chi connectivity index (χ0) is 17.5. The molecule has 2 N–H and O–H groups in total. The molecule has 1 unspecified atom stereocenters. The molecule has 1 saturated heterocycles. The van der Waals surface area contributed by atoms with Crippen LogP contribution in [0.1, 0.15) is 30.9 Å². The molecule has 1 fully saturated rings. The van der Waals surface area contributed by atoms with Crippen molar-refractivity contribution in [2.75, 3.05) is 32.8 Å². The van der Waals surface area contributed by atoms with Crippen LogP contribution in [0, 0.1) is 0 Å². The highest BCUT2D eigenvalue weighted by Gasteiger charge is 2.20. The van der Waals surface area contributed by atoms with Gasteiger partial charge in [-0.05, 0) is 37.3 Å². The fraction of sp³-hybridized carbons (Fsp3) is 0.579. The van der Waals surface area contributed by atoms with Gasteiger partial charge in [0, 0.05) is 32.8 Å². The third-order valence-electron chi connectivity index (χ3n) is 4.72. The van der Waals surface area contributed by atoms with Crippen molar-refractivity contribution in [1.82, 2.24) is 15.5 Å². The van der Waals surface area contributed by atoms with E-state index in [2.05, 4.69) is 33.8 Å². The van der Waals surface area contributed by atoms with E-state index in [4.69, 9.17) is 4.74 Å². The molecule has 0 bridgehead atoms. The van der Waals surface area contributed by atoms with Crippen molar-refractivity contribution in [1.29, 1.82) is 0 Å². The Balaban J connectivity index is 1.52. The highest BCUT2D eigenvalue weighted by molar-refractivity contribution is 5.85. The molecule has 6 heteroatoms. The van der Waals surface area contributed by atoms with E-state index in [0.717, 1.165) is 45.5 Å². The maximum atomic E-state index is 12.5. The molecule has 0 aliphatic carbocycles. The Bertz CT molecular complexity index is 611. The van der Waals surface area contributed by atoms with Crippen molar-refractivity contribution in [2.45, 2.75) is 38.8 Å². The summed E-state index contributed by atoms with van der Waals surface area (Å²) in [6, 6.07) is 8.34. The number of nitrogens with one attached hydrogen (secondary N) is 2. The first-order valence-corrected chi connectivity index (χ1v) is 9.24. The van der Waals surface area contributed by atoms with Crippen molar-refractivity contribution in [3.63, 3.8) is 0 Å². The lowest BCUT2D eigenvalue weighted by molar-refractivity contribution is -0.130. The fourth-order valence-corrected chi connectivity index (χ4v) is 3.31. The Kier molecular flexibility index (Phi) is 6.28. The molecule has 1 aromatic rings. The zero-order valence-electron chi connectivity index (χ0n) is 15.0. The third kappa shape index (κ3) is 4.95. The molecular weight excluding hydrogens is 316 g/mol. The predicted molar refractivity (Wildman–Crippen MR) is 98.5 cm³/mol. The lowest BCUT2D eigenvalue weighted by Crippen LogP contribution is -2.42. The van der Waals surface area contributed by atoms with Gasteiger partial charge < -0.3 is 20.3 Å². The normalized spacial score (nSPS) is 20.3. The summed E-state index contributed by atoms with van der Waals surface area (Å²) < 4.78 is 5.62. The molecule has 25 heavy (non-hydrogen) atoms. The van der Waals surface area contributed by atoms with E-state index in [1.165, 1.54) is 11.1 Å². The van der Waals surface area contributed by atoms with Gasteiger partial charge in [-0.1, -0.05) is 24.3 Å². The fourth-order valence-electron chi connectivity index (χ4n) is 3.31. The Hall–Kier alpha value is -2.08. The molecule has 0 aromatic heterocycles. The van der Waals surface area contributed by atoms with Crippen LogP contribution in [-0.2, 0) is 22.5 Å². The first kappa shape index (κ1) is 17.7. The summed E-state index contributed by atoms with van der Waals surface area (Å²) in [4.78, 5) is 18.9. The monoisotopic (exact) mass is 344 g/mol. The van der Waals surface area contributed by atoms with Crippen LogP contribution in [0.5, 0.6) is 0 Å². The van der Waals surface area contributed by atoms with Gasteiger partial charge in [0.25, 0.3) is 0 Å². The summed E-state index contributed by atoms with van der Waals surface area (Å²) in [6.07, 6.45) is 3.37. The number of amides is 1. The van der Waals surface area contributed by atoms with Crippen LogP contribution in [0.4, 0.5) is 0 Å². The lowest BCUT2D eigenvalue weighted by Gasteiger charge is -2.28. The second-order valence-electron chi connectivity index (χ2n) is 6.55. The molecule has 0 saturated carbocycles. The van der Waals surface area contributed by atoms with Crippen molar-refractivity contribution < 1.29 is 9.53 Å². The number of rotatable bonds is 5. The van der Waals surface area contributed by atoms with Crippen molar-refractivity contribution in [3.8, 4) is 0 Å². The Morgan fingerprint density at radius 1 is 1.32 bits per heavy atom. The largest absolute Gasteiger partial charge is 0.376 e. The molecule has 0 radical (unpaired) electrons. The smallest absolute Gasteiger partial charge is 0.244 e. The number of carbonyl (C=O) groups is 1. The van der Waals surface area contributed by atoms with Crippen LogP contribution in [-0.4, -0.2) is 55.7 Å². The molecule has 0 spiro atoms. The van der Waals surface area contributed by atoms with E-state index in [1.54, 1.807) is 0 Å². The molecule has 1 atom stereocenters. The molecule has 3 rings (SSSR count). The van der Waals surface area contributed by atoms with E-state index < -0.39 is 0 Å². The van der Waals surface area contributed by atoms with Crippen LogP contribution in [0.2, 0.25) is 0 Å². The van der Waals surface area contributed by atoms with Gasteiger partial charge >= 0.3 is 0 Å². The SMILES string of the molecule is CCNC(=NCC(=O)N1CCc2ccccc2C1)NCC1CCCO1. The van der Waals surface area contributed by atoms with Crippen LogP contribution in [0.3, 0.4) is 0 Å². The molecule has 136 valence electrons. The summed E-state index contributed by atoms with van der Waals surface area (Å²) in [5, 5.41) is 6.47. The van der Waals surface area contributed by atoms with Crippen molar-refractivity contribution in [3.05, 3.63) is 35.4 Å². The molecular formula is C19H28N4O2. The van der Waals surface area contributed by atoms with E-state index in [0.29, 0.717) is 12.5 Å². The minimum Gasteiger partial charge on any atom is -0.376 e. The topological polar surface area (TPSA) is 66.0 Å². The summed E-state index contributed by atoms with van der Waals surface area (Å²) >= 11 is 0. The molecule has 2 aliphatic heterocycles. The number of aliphatic imine (C=N–C) groups is 1. The average Bonchev–Trinajstić information content (AvgIpc) is 3.17. The molecule has 1 aromatic carbocycles. The van der Waals surface area contributed by atoms with E-state index in [9.17, 15) is 4.79 Å². The number of nitrogens with zero attached hydrogens (tertiary/aromatic N) is 2. The summed E-state index contributed by atoms with van der Waals surface area (Å²) in [5.41, 5.74) is 2.59. The summed E-state index contributed by atoms with van der Waals surface area (Å²) in [6.45, 7) is 5.99. The minimum atomic E-state index is 0.0730. The van der Waals surface area contributed by atoms with Gasteiger partial charge in [0.15, 0.2) is 5.96 Å². The van der Waals surface area contributed by atoms with Crippen molar-refractivity contribution in [2.24, 2.45) is 4.99 Å². The molecule has 2 aliphatic rings. The number of ether oxygens (including phenoxy) is 1. The maximum absolute atomic E-state index is 12.5. The van der Waals surface area contributed by atoms with Gasteiger partial charge in [-0.2, -0.15) is 0 Å². The minimum absolute atomic E-state index is 0.0730. The maximum Gasteiger partial charge on any atom is 0.244 e. The first-order valence-electron chi connectivity index (χ1n) is 9.24. The second kappa shape index (κ2) is 8.85. The number of guanidine groups is 1. The number of carbonyl (C=O) groups excluding carboxylic acids is 1. The summed E-state index contributed by atoms with van der Waals surface area (Å²) in [5.74, 6) is 0.757. The second-order valence-corrected chi connectivity index (χ2v) is 6.55. The molecule has 1 amide bonds.